The average Bonchev–Trinajstić information content (AvgIpc) is 2.50. The maximum absolute atomic E-state index is 12.7. The summed E-state index contributed by atoms with van der Waals surface area (Å²) in [5, 5.41) is 12.5. The molecule has 3 rings (SSSR count). The van der Waals surface area contributed by atoms with E-state index in [0.717, 1.165) is 0 Å². The molecular formula is C17H17NO5. The Balaban J connectivity index is 2.28. The molecule has 0 spiro atoms. The van der Waals surface area contributed by atoms with Crippen LogP contribution in [0.1, 0.15) is 19.4 Å². The highest BCUT2D eigenvalue weighted by atomic mass is 16.5. The molecule has 1 aliphatic heterocycles. The van der Waals surface area contributed by atoms with Gasteiger partial charge in [0.2, 0.25) is 5.78 Å². The monoisotopic (exact) mass is 315 g/mol. The summed E-state index contributed by atoms with van der Waals surface area (Å²) in [6, 6.07) is 6.51. The summed E-state index contributed by atoms with van der Waals surface area (Å²) in [7, 11) is 0. The van der Waals surface area contributed by atoms with Crippen molar-refractivity contribution in [2.45, 2.75) is 19.4 Å². The van der Waals surface area contributed by atoms with Crippen LogP contribution in [0.25, 0.3) is 16.5 Å². The van der Waals surface area contributed by atoms with E-state index in [2.05, 4.69) is 5.32 Å². The van der Waals surface area contributed by atoms with Crippen LogP contribution in [-0.4, -0.2) is 29.6 Å². The highest BCUT2D eigenvalue weighted by Gasteiger charge is 2.40. The van der Waals surface area contributed by atoms with Gasteiger partial charge in [-0.3, -0.25) is 4.79 Å². The van der Waals surface area contributed by atoms with Crippen LogP contribution in [0.3, 0.4) is 0 Å². The number of carbonyl (C=O) groups excluding carboxylic acids is 1. The summed E-state index contributed by atoms with van der Waals surface area (Å²) in [6.07, 6.45) is 1.54. The number of rotatable bonds is 3. The largest absolute Gasteiger partial charge is 0.479 e. The normalized spacial score (nSPS) is 17.9. The number of ketones is 1. The molecule has 2 N–H and O–H groups in total. The molecule has 0 aliphatic carbocycles. The third kappa shape index (κ3) is 2.61. The molecule has 0 bridgehead atoms. The zero-order valence-corrected chi connectivity index (χ0v) is 12.9. The molecule has 0 amide bonds. The summed E-state index contributed by atoms with van der Waals surface area (Å²) in [6.45, 7) is 3.62. The van der Waals surface area contributed by atoms with Crippen LogP contribution in [0, 0.1) is 0 Å². The number of aliphatic hydroxyl groups is 1. The van der Waals surface area contributed by atoms with Gasteiger partial charge < -0.3 is 19.6 Å². The molecule has 1 aromatic carbocycles. The van der Waals surface area contributed by atoms with Gasteiger partial charge >= 0.3 is 5.63 Å². The summed E-state index contributed by atoms with van der Waals surface area (Å²) >= 11 is 0. The summed E-state index contributed by atoms with van der Waals surface area (Å²) < 4.78 is 11.1. The van der Waals surface area contributed by atoms with Crippen molar-refractivity contribution in [2.24, 2.45) is 0 Å². The van der Waals surface area contributed by atoms with Gasteiger partial charge in [0.25, 0.3) is 0 Å². The SMILES string of the molecule is CC1(C)Oc2ccc3ccc(=O)oc3c2/C(=C\NCCO)C1=O. The van der Waals surface area contributed by atoms with Crippen molar-refractivity contribution in [1.82, 2.24) is 5.32 Å². The Morgan fingerprint density at radius 1 is 1.22 bits per heavy atom. The predicted molar refractivity (Wildman–Crippen MR) is 85.3 cm³/mol. The molecule has 0 atom stereocenters. The zero-order valence-electron chi connectivity index (χ0n) is 12.9. The third-order valence-electron chi connectivity index (χ3n) is 3.68. The lowest BCUT2D eigenvalue weighted by atomic mass is 9.87. The number of Topliss-reactive ketones (excluding diaryl/α,β-unsaturated/α-hetero) is 1. The quantitative estimate of drug-likeness (QED) is 0.506. The number of aliphatic hydroxyl groups excluding tert-OH is 1. The van der Waals surface area contributed by atoms with E-state index in [1.807, 2.05) is 0 Å². The summed E-state index contributed by atoms with van der Waals surface area (Å²) in [4.78, 5) is 24.3. The van der Waals surface area contributed by atoms with Gasteiger partial charge in [0.1, 0.15) is 11.3 Å². The Kier molecular flexibility index (Phi) is 3.69. The second kappa shape index (κ2) is 5.55. The number of nitrogens with one attached hydrogen (secondary N) is 1. The van der Waals surface area contributed by atoms with Crippen molar-refractivity contribution in [1.29, 1.82) is 0 Å². The van der Waals surface area contributed by atoms with Crippen LogP contribution < -0.4 is 15.7 Å². The molecule has 1 aliphatic rings. The first-order valence-electron chi connectivity index (χ1n) is 7.29. The molecule has 2 heterocycles. The lowest BCUT2D eigenvalue weighted by molar-refractivity contribution is -0.126. The Labute approximate surface area is 132 Å². The molecule has 23 heavy (non-hydrogen) atoms. The second-order valence-electron chi connectivity index (χ2n) is 5.79. The first-order chi connectivity index (χ1) is 10.9. The van der Waals surface area contributed by atoms with Gasteiger partial charge in [-0.05, 0) is 32.0 Å². The zero-order chi connectivity index (χ0) is 16.6. The number of hydrogen-bond acceptors (Lipinski definition) is 6. The lowest BCUT2D eigenvalue weighted by Crippen LogP contribution is -2.42. The molecule has 0 fully saturated rings. The van der Waals surface area contributed by atoms with Crippen LogP contribution in [0.15, 0.2) is 39.7 Å². The third-order valence-corrected chi connectivity index (χ3v) is 3.68. The predicted octanol–water partition coefficient (Wildman–Crippen LogP) is 1.46. The molecule has 0 radical (unpaired) electrons. The number of carbonyl (C=O) groups is 1. The van der Waals surface area contributed by atoms with Crippen molar-refractivity contribution in [3.8, 4) is 5.75 Å². The van der Waals surface area contributed by atoms with Crippen LogP contribution >= 0.6 is 0 Å². The van der Waals surface area contributed by atoms with Crippen molar-refractivity contribution >= 4 is 22.3 Å². The Morgan fingerprint density at radius 2 is 1.96 bits per heavy atom. The number of benzene rings is 1. The lowest BCUT2D eigenvalue weighted by Gasteiger charge is -2.32. The Bertz CT molecular complexity index is 863. The Hall–Kier alpha value is -2.60. The fourth-order valence-electron chi connectivity index (χ4n) is 2.59. The fraction of sp³-hybridized carbons (Fsp3) is 0.294. The Morgan fingerprint density at radius 3 is 2.70 bits per heavy atom. The van der Waals surface area contributed by atoms with Gasteiger partial charge in [0.05, 0.1) is 17.7 Å². The number of hydrogen-bond donors (Lipinski definition) is 2. The van der Waals surface area contributed by atoms with E-state index in [9.17, 15) is 9.59 Å². The number of ether oxygens (including phenoxy) is 1. The van der Waals surface area contributed by atoms with E-state index >= 15 is 0 Å². The molecule has 1 aromatic heterocycles. The maximum atomic E-state index is 12.7. The van der Waals surface area contributed by atoms with Gasteiger partial charge in [0, 0.05) is 24.2 Å². The van der Waals surface area contributed by atoms with E-state index in [4.69, 9.17) is 14.3 Å². The minimum Gasteiger partial charge on any atom is -0.479 e. The van der Waals surface area contributed by atoms with Crippen LogP contribution in [0.2, 0.25) is 0 Å². The van der Waals surface area contributed by atoms with Crippen molar-refractivity contribution in [3.63, 3.8) is 0 Å². The van der Waals surface area contributed by atoms with Crippen LogP contribution in [-0.2, 0) is 4.79 Å². The minimum absolute atomic E-state index is 0.0602. The van der Waals surface area contributed by atoms with E-state index in [-0.39, 0.29) is 12.4 Å². The van der Waals surface area contributed by atoms with Crippen molar-refractivity contribution in [2.75, 3.05) is 13.2 Å². The van der Waals surface area contributed by atoms with E-state index in [0.29, 0.717) is 34.4 Å². The van der Waals surface area contributed by atoms with E-state index in [1.165, 1.54) is 12.3 Å². The van der Waals surface area contributed by atoms with Gasteiger partial charge in [-0.25, -0.2) is 4.79 Å². The van der Waals surface area contributed by atoms with Gasteiger partial charge in [-0.1, -0.05) is 0 Å². The second-order valence-corrected chi connectivity index (χ2v) is 5.79. The van der Waals surface area contributed by atoms with Crippen LogP contribution in [0.4, 0.5) is 0 Å². The molecule has 0 saturated carbocycles. The highest BCUT2D eigenvalue weighted by molar-refractivity contribution is 6.28. The smallest absolute Gasteiger partial charge is 0.336 e. The standard InChI is InChI=1S/C17H17NO5/c1-17(2)16(21)11(9-18-7-8-19)14-12(23-17)5-3-10-4-6-13(20)22-15(10)14/h3-6,9,18-19H,7-8H2,1-2H3/b11-9+. The van der Waals surface area contributed by atoms with Crippen molar-refractivity contribution < 1.29 is 19.1 Å². The van der Waals surface area contributed by atoms with Gasteiger partial charge in [-0.15, -0.1) is 0 Å². The van der Waals surface area contributed by atoms with Gasteiger partial charge in [-0.2, -0.15) is 0 Å². The van der Waals surface area contributed by atoms with E-state index < -0.39 is 11.2 Å². The minimum atomic E-state index is -1.03. The fourth-order valence-corrected chi connectivity index (χ4v) is 2.59. The molecule has 6 heteroatoms. The average molecular weight is 315 g/mol. The summed E-state index contributed by atoms with van der Waals surface area (Å²) in [5.74, 6) is 0.253. The first-order valence-corrected chi connectivity index (χ1v) is 7.29. The molecule has 120 valence electrons. The van der Waals surface area contributed by atoms with Crippen molar-refractivity contribution in [3.05, 3.63) is 46.4 Å². The van der Waals surface area contributed by atoms with E-state index in [1.54, 1.807) is 32.0 Å². The summed E-state index contributed by atoms with van der Waals surface area (Å²) in [5.41, 5.74) is -0.385. The molecular weight excluding hydrogens is 298 g/mol. The number of fused-ring (bicyclic) bond motifs is 3. The first kappa shape index (κ1) is 15.3. The molecule has 0 unspecified atom stereocenters. The molecule has 2 aromatic rings. The van der Waals surface area contributed by atoms with Gasteiger partial charge in [0.15, 0.2) is 5.60 Å². The maximum Gasteiger partial charge on any atom is 0.336 e. The molecule has 0 saturated heterocycles. The molecule has 6 nitrogen and oxygen atoms in total. The topological polar surface area (TPSA) is 88.8 Å². The van der Waals surface area contributed by atoms with Crippen LogP contribution in [0.5, 0.6) is 5.75 Å². The highest BCUT2D eigenvalue weighted by Crippen LogP contribution is 2.41.